The number of hydrogen-bond donors (Lipinski definition) is 1. The van der Waals surface area contributed by atoms with E-state index in [1.54, 1.807) is 35.2 Å². The third-order valence-corrected chi connectivity index (χ3v) is 5.83. The van der Waals surface area contributed by atoms with Crippen LogP contribution >= 0.6 is 0 Å². The van der Waals surface area contributed by atoms with Gasteiger partial charge in [-0.05, 0) is 60.4 Å². The van der Waals surface area contributed by atoms with E-state index in [4.69, 9.17) is 0 Å². The van der Waals surface area contributed by atoms with Gasteiger partial charge < -0.3 is 9.88 Å². The number of amides is 1. The molecule has 0 aliphatic rings. The summed E-state index contributed by atoms with van der Waals surface area (Å²) in [4.78, 5) is 21.1. The summed E-state index contributed by atoms with van der Waals surface area (Å²) in [5.41, 5.74) is 2.54. The molecule has 3 heterocycles. The highest BCUT2D eigenvalue weighted by atomic mass is 19.4. The van der Waals surface area contributed by atoms with Crippen LogP contribution in [0.25, 0.3) is 5.65 Å². The number of aromatic nitrogens is 4. The molecule has 9 heteroatoms. The Hall–Kier alpha value is -4.84. The topological polar surface area (TPSA) is 64.2 Å². The van der Waals surface area contributed by atoms with Gasteiger partial charge in [0.1, 0.15) is 11.3 Å². The highest BCUT2D eigenvalue weighted by molar-refractivity contribution is 6.04. The molecular formula is C28H20F3N5O. The van der Waals surface area contributed by atoms with Crippen LogP contribution < -0.4 is 5.32 Å². The summed E-state index contributed by atoms with van der Waals surface area (Å²) in [7, 11) is 0. The Bertz CT molecular complexity index is 1660. The SMILES string of the molecule is Cc1ccc(C(=O)Nc2ccc(Cn3ccnc3)c(C(F)(F)F)c2)cc1C#Cc1cnc2ccccn12. The zero-order chi connectivity index (χ0) is 26.0. The van der Waals surface area contributed by atoms with Gasteiger partial charge in [0.05, 0.1) is 18.1 Å². The molecule has 6 nitrogen and oxygen atoms in total. The Balaban J connectivity index is 1.39. The number of aryl methyl sites for hydroxylation is 1. The predicted molar refractivity (Wildman–Crippen MR) is 133 cm³/mol. The highest BCUT2D eigenvalue weighted by Gasteiger charge is 2.33. The summed E-state index contributed by atoms with van der Waals surface area (Å²) in [6, 6.07) is 14.4. The number of anilines is 1. The molecule has 0 atom stereocenters. The van der Waals surface area contributed by atoms with Crippen molar-refractivity contribution in [3.8, 4) is 11.8 Å². The lowest BCUT2D eigenvalue weighted by Gasteiger charge is -2.15. The molecule has 0 saturated carbocycles. The van der Waals surface area contributed by atoms with Crippen LogP contribution in [0.2, 0.25) is 0 Å². The molecule has 5 rings (SSSR count). The van der Waals surface area contributed by atoms with Crippen LogP contribution in [0.1, 0.15) is 38.3 Å². The summed E-state index contributed by atoms with van der Waals surface area (Å²) >= 11 is 0. The molecule has 0 spiro atoms. The average molecular weight is 499 g/mol. The van der Waals surface area contributed by atoms with Gasteiger partial charge in [-0.1, -0.05) is 24.1 Å². The summed E-state index contributed by atoms with van der Waals surface area (Å²) < 4.78 is 44.7. The molecule has 5 aromatic rings. The third kappa shape index (κ3) is 5.23. The maximum Gasteiger partial charge on any atom is 0.416 e. The second-order valence-corrected chi connectivity index (χ2v) is 8.41. The van der Waals surface area contributed by atoms with E-state index < -0.39 is 17.6 Å². The van der Waals surface area contributed by atoms with Gasteiger partial charge in [0.25, 0.3) is 5.91 Å². The third-order valence-electron chi connectivity index (χ3n) is 5.83. The molecule has 1 amide bonds. The number of hydrogen-bond acceptors (Lipinski definition) is 3. The summed E-state index contributed by atoms with van der Waals surface area (Å²) in [6.07, 6.45) is 3.48. The van der Waals surface area contributed by atoms with Gasteiger partial charge in [-0.25, -0.2) is 9.97 Å². The molecule has 2 aromatic carbocycles. The number of imidazole rings is 2. The summed E-state index contributed by atoms with van der Waals surface area (Å²) in [5, 5.41) is 2.58. The van der Waals surface area contributed by atoms with Crippen LogP contribution in [-0.2, 0) is 12.7 Å². The second-order valence-electron chi connectivity index (χ2n) is 8.41. The molecule has 184 valence electrons. The predicted octanol–water partition coefficient (Wildman–Crippen LogP) is 5.56. The number of carbonyl (C=O) groups is 1. The maximum absolute atomic E-state index is 13.8. The molecule has 0 radical (unpaired) electrons. The number of halogens is 3. The quantitative estimate of drug-likeness (QED) is 0.330. The van der Waals surface area contributed by atoms with Gasteiger partial charge >= 0.3 is 6.18 Å². The zero-order valence-corrected chi connectivity index (χ0v) is 19.6. The lowest BCUT2D eigenvalue weighted by molar-refractivity contribution is -0.138. The molecule has 0 fully saturated rings. The van der Waals surface area contributed by atoms with E-state index in [2.05, 4.69) is 27.1 Å². The minimum Gasteiger partial charge on any atom is -0.333 e. The number of carbonyl (C=O) groups excluding carboxylic acids is 1. The smallest absolute Gasteiger partial charge is 0.333 e. The van der Waals surface area contributed by atoms with Gasteiger partial charge in [0, 0.05) is 41.9 Å². The number of nitrogens with zero attached hydrogens (tertiary/aromatic N) is 4. The van der Waals surface area contributed by atoms with Crippen molar-refractivity contribution in [1.29, 1.82) is 0 Å². The van der Waals surface area contributed by atoms with Crippen LogP contribution in [0.5, 0.6) is 0 Å². The van der Waals surface area contributed by atoms with Crippen LogP contribution in [-0.4, -0.2) is 24.8 Å². The molecule has 0 saturated heterocycles. The van der Waals surface area contributed by atoms with Crippen molar-refractivity contribution in [2.45, 2.75) is 19.6 Å². The number of rotatable bonds is 4. The van der Waals surface area contributed by atoms with E-state index in [1.807, 2.05) is 35.7 Å². The number of pyridine rings is 1. The Morgan fingerprint density at radius 1 is 1.05 bits per heavy atom. The zero-order valence-electron chi connectivity index (χ0n) is 19.6. The van der Waals surface area contributed by atoms with E-state index >= 15 is 0 Å². The molecule has 0 aliphatic carbocycles. The van der Waals surface area contributed by atoms with Gasteiger partial charge in [-0.2, -0.15) is 13.2 Å². The monoisotopic (exact) mass is 499 g/mol. The minimum absolute atomic E-state index is 0.00946. The van der Waals surface area contributed by atoms with Crippen LogP contribution in [0.4, 0.5) is 18.9 Å². The molecule has 37 heavy (non-hydrogen) atoms. The Labute approximate surface area is 210 Å². The van der Waals surface area contributed by atoms with Crippen LogP contribution in [0.3, 0.4) is 0 Å². The molecule has 0 unspecified atom stereocenters. The molecule has 3 aromatic heterocycles. The molecular weight excluding hydrogens is 479 g/mol. The number of nitrogens with one attached hydrogen (secondary N) is 1. The standard InChI is InChI=1S/C28H20F3N5O/c1-19-5-6-21(14-20(19)8-10-24-16-33-26-4-2-3-12-36(24)26)27(37)34-23-9-7-22(17-35-13-11-32-18-35)25(15-23)28(29,30)31/h2-7,9,11-16,18H,17H2,1H3,(H,34,37). The molecule has 0 bridgehead atoms. The normalized spacial score (nSPS) is 11.2. The van der Waals surface area contributed by atoms with Crippen molar-refractivity contribution in [3.63, 3.8) is 0 Å². The first-order valence-electron chi connectivity index (χ1n) is 11.3. The van der Waals surface area contributed by atoms with E-state index in [0.717, 1.165) is 17.3 Å². The molecule has 1 N–H and O–H groups in total. The van der Waals surface area contributed by atoms with E-state index in [9.17, 15) is 18.0 Å². The van der Waals surface area contributed by atoms with Gasteiger partial charge in [0.15, 0.2) is 0 Å². The second kappa shape index (κ2) is 9.66. The first-order chi connectivity index (χ1) is 17.8. The summed E-state index contributed by atoms with van der Waals surface area (Å²) in [5.74, 6) is 5.62. The Morgan fingerprint density at radius 3 is 2.70 bits per heavy atom. The van der Waals surface area contributed by atoms with Crippen molar-refractivity contribution < 1.29 is 18.0 Å². The maximum atomic E-state index is 13.8. The summed E-state index contributed by atoms with van der Waals surface area (Å²) in [6.45, 7) is 1.88. The van der Waals surface area contributed by atoms with Crippen molar-refractivity contribution in [3.05, 3.63) is 119 Å². The lowest BCUT2D eigenvalue weighted by Crippen LogP contribution is -2.15. The largest absolute Gasteiger partial charge is 0.416 e. The average Bonchev–Trinajstić information content (AvgIpc) is 3.54. The van der Waals surface area contributed by atoms with Crippen LogP contribution in [0.15, 0.2) is 85.7 Å². The fraction of sp³-hybridized carbons (Fsp3) is 0.107. The number of alkyl halides is 3. The number of fused-ring (bicyclic) bond motifs is 1. The van der Waals surface area contributed by atoms with E-state index in [1.165, 1.54) is 24.7 Å². The van der Waals surface area contributed by atoms with E-state index in [0.29, 0.717) is 11.3 Å². The molecule has 0 aliphatic heterocycles. The van der Waals surface area contributed by atoms with Crippen LogP contribution in [0, 0.1) is 18.8 Å². The van der Waals surface area contributed by atoms with Gasteiger partial charge in [-0.3, -0.25) is 9.20 Å². The van der Waals surface area contributed by atoms with Crippen molar-refractivity contribution >= 4 is 17.2 Å². The highest BCUT2D eigenvalue weighted by Crippen LogP contribution is 2.34. The Kier molecular flexibility index (Phi) is 6.24. The van der Waals surface area contributed by atoms with Gasteiger partial charge in [-0.15, -0.1) is 0 Å². The van der Waals surface area contributed by atoms with E-state index in [-0.39, 0.29) is 23.4 Å². The fourth-order valence-electron chi connectivity index (χ4n) is 3.89. The number of benzene rings is 2. The first-order valence-corrected chi connectivity index (χ1v) is 11.3. The van der Waals surface area contributed by atoms with Crippen molar-refractivity contribution in [1.82, 2.24) is 18.9 Å². The lowest BCUT2D eigenvalue weighted by atomic mass is 10.0. The minimum atomic E-state index is -4.58. The Morgan fingerprint density at radius 2 is 1.92 bits per heavy atom. The van der Waals surface area contributed by atoms with Gasteiger partial charge in [0.2, 0.25) is 0 Å². The van der Waals surface area contributed by atoms with Crippen molar-refractivity contribution in [2.75, 3.05) is 5.32 Å². The fourth-order valence-corrected chi connectivity index (χ4v) is 3.89. The first kappa shape index (κ1) is 23.9. The van der Waals surface area contributed by atoms with Crippen molar-refractivity contribution in [2.24, 2.45) is 0 Å².